The summed E-state index contributed by atoms with van der Waals surface area (Å²) < 4.78 is 36.3. The Kier molecular flexibility index (Phi) is 4.54. The van der Waals surface area contributed by atoms with Crippen LogP contribution >= 0.6 is 0 Å². The number of hydrogen-bond acceptors (Lipinski definition) is 2. The Labute approximate surface area is 99.0 Å². The highest BCUT2D eigenvalue weighted by atomic mass is 19.4. The van der Waals surface area contributed by atoms with Gasteiger partial charge in [0.1, 0.15) is 0 Å². The normalized spacial score (nSPS) is 13.8. The van der Waals surface area contributed by atoms with Gasteiger partial charge in [-0.3, -0.25) is 0 Å². The molecule has 2 nitrogen and oxygen atoms in total. The van der Waals surface area contributed by atoms with Gasteiger partial charge in [0.05, 0.1) is 6.54 Å². The van der Waals surface area contributed by atoms with Crippen molar-refractivity contribution in [2.75, 3.05) is 13.1 Å². The van der Waals surface area contributed by atoms with Crippen LogP contribution in [0.2, 0.25) is 0 Å². The third-order valence-corrected chi connectivity index (χ3v) is 2.72. The Balaban J connectivity index is 2.76. The van der Waals surface area contributed by atoms with E-state index in [9.17, 15) is 13.2 Å². The molecule has 0 aliphatic carbocycles. The highest BCUT2D eigenvalue weighted by Gasteiger charge is 2.28. The lowest BCUT2D eigenvalue weighted by Crippen LogP contribution is -2.35. The average Bonchev–Trinajstić information content (AvgIpc) is 2.22. The summed E-state index contributed by atoms with van der Waals surface area (Å²) in [5.41, 5.74) is 8.45. The van der Waals surface area contributed by atoms with Crippen molar-refractivity contribution in [1.29, 1.82) is 0 Å². The molecule has 1 rings (SSSR count). The standard InChI is InChI=1S/C12H17F3N2/c1-8-3-4-10(5-9(8)2)11(6-16)17-7-12(13,14)15/h3-5,11,17H,6-7,16H2,1-2H3. The molecule has 0 heterocycles. The third-order valence-electron chi connectivity index (χ3n) is 2.72. The van der Waals surface area contributed by atoms with Gasteiger partial charge in [-0.2, -0.15) is 13.2 Å². The fraction of sp³-hybridized carbons (Fsp3) is 0.500. The van der Waals surface area contributed by atoms with E-state index in [0.29, 0.717) is 0 Å². The lowest BCUT2D eigenvalue weighted by molar-refractivity contribution is -0.126. The van der Waals surface area contributed by atoms with Gasteiger partial charge in [0.25, 0.3) is 0 Å². The summed E-state index contributed by atoms with van der Waals surface area (Å²) in [4.78, 5) is 0. The van der Waals surface area contributed by atoms with Crippen LogP contribution in [0.5, 0.6) is 0 Å². The Bertz CT molecular complexity index is 375. The lowest BCUT2D eigenvalue weighted by atomic mass is 10.0. The number of halogens is 3. The number of hydrogen-bond donors (Lipinski definition) is 2. The Hall–Kier alpha value is -1.07. The molecule has 1 atom stereocenters. The molecule has 0 aliphatic heterocycles. The fourth-order valence-electron chi connectivity index (χ4n) is 1.56. The van der Waals surface area contributed by atoms with Crippen LogP contribution in [0.4, 0.5) is 13.2 Å². The van der Waals surface area contributed by atoms with Crippen LogP contribution in [0.1, 0.15) is 22.7 Å². The van der Waals surface area contributed by atoms with Crippen LogP contribution in [0.25, 0.3) is 0 Å². The minimum atomic E-state index is -4.22. The van der Waals surface area contributed by atoms with Crippen LogP contribution in [-0.4, -0.2) is 19.3 Å². The smallest absolute Gasteiger partial charge is 0.329 e. The minimum Gasteiger partial charge on any atom is -0.329 e. The summed E-state index contributed by atoms with van der Waals surface area (Å²) in [5, 5.41) is 2.42. The van der Waals surface area contributed by atoms with Gasteiger partial charge in [-0.15, -0.1) is 0 Å². The van der Waals surface area contributed by atoms with E-state index >= 15 is 0 Å². The summed E-state index contributed by atoms with van der Waals surface area (Å²) in [7, 11) is 0. The summed E-state index contributed by atoms with van der Waals surface area (Å²) >= 11 is 0. The van der Waals surface area contributed by atoms with Gasteiger partial charge in [-0.1, -0.05) is 18.2 Å². The number of benzene rings is 1. The first-order chi connectivity index (χ1) is 7.83. The Morgan fingerprint density at radius 3 is 2.35 bits per heavy atom. The van der Waals surface area contributed by atoms with Crippen molar-refractivity contribution in [1.82, 2.24) is 5.32 Å². The molecule has 17 heavy (non-hydrogen) atoms. The van der Waals surface area contributed by atoms with E-state index in [1.54, 1.807) is 0 Å². The molecule has 3 N–H and O–H groups in total. The number of aryl methyl sites for hydroxylation is 2. The van der Waals surface area contributed by atoms with E-state index < -0.39 is 18.8 Å². The predicted molar refractivity (Wildman–Crippen MR) is 61.8 cm³/mol. The van der Waals surface area contributed by atoms with Crippen LogP contribution in [0.15, 0.2) is 18.2 Å². The molecule has 0 spiro atoms. The molecule has 0 bridgehead atoms. The second-order valence-electron chi connectivity index (χ2n) is 4.13. The summed E-state index contributed by atoms with van der Waals surface area (Å²) in [6.07, 6.45) is -4.22. The monoisotopic (exact) mass is 246 g/mol. The van der Waals surface area contributed by atoms with Crippen molar-refractivity contribution < 1.29 is 13.2 Å². The summed E-state index contributed by atoms with van der Waals surface area (Å²) in [6.45, 7) is 3.00. The SMILES string of the molecule is Cc1ccc(C(CN)NCC(F)(F)F)cc1C. The third kappa shape index (κ3) is 4.36. The highest BCUT2D eigenvalue weighted by Crippen LogP contribution is 2.19. The zero-order valence-corrected chi connectivity index (χ0v) is 9.93. The topological polar surface area (TPSA) is 38.0 Å². The molecule has 5 heteroatoms. The molecule has 0 saturated carbocycles. The predicted octanol–water partition coefficient (Wildman–Crippen LogP) is 2.46. The van der Waals surface area contributed by atoms with Crippen molar-refractivity contribution in [2.45, 2.75) is 26.1 Å². The van der Waals surface area contributed by atoms with E-state index in [0.717, 1.165) is 16.7 Å². The first-order valence-corrected chi connectivity index (χ1v) is 5.41. The second kappa shape index (κ2) is 5.51. The maximum atomic E-state index is 12.1. The van der Waals surface area contributed by atoms with Crippen molar-refractivity contribution >= 4 is 0 Å². The maximum Gasteiger partial charge on any atom is 0.401 e. The number of nitrogens with two attached hydrogens (primary N) is 1. The van der Waals surface area contributed by atoms with Crippen LogP contribution in [0, 0.1) is 13.8 Å². The van der Waals surface area contributed by atoms with Gasteiger partial charge < -0.3 is 11.1 Å². The van der Waals surface area contributed by atoms with Gasteiger partial charge in [-0.25, -0.2) is 0 Å². The molecule has 0 aliphatic rings. The molecule has 0 saturated heterocycles. The number of nitrogens with one attached hydrogen (secondary N) is 1. The minimum absolute atomic E-state index is 0.137. The first kappa shape index (κ1) is 14.0. The van der Waals surface area contributed by atoms with E-state index in [-0.39, 0.29) is 6.54 Å². The first-order valence-electron chi connectivity index (χ1n) is 5.41. The Morgan fingerprint density at radius 2 is 1.88 bits per heavy atom. The number of rotatable bonds is 4. The van der Waals surface area contributed by atoms with E-state index in [1.165, 1.54) is 0 Å². The van der Waals surface area contributed by atoms with Gasteiger partial charge in [-0.05, 0) is 30.5 Å². The van der Waals surface area contributed by atoms with Crippen LogP contribution in [-0.2, 0) is 0 Å². The summed E-state index contributed by atoms with van der Waals surface area (Å²) in [5.74, 6) is 0. The average molecular weight is 246 g/mol. The van der Waals surface area contributed by atoms with Gasteiger partial charge >= 0.3 is 6.18 Å². The van der Waals surface area contributed by atoms with Gasteiger partial charge in [0.15, 0.2) is 0 Å². The molecular formula is C12H17F3N2. The lowest BCUT2D eigenvalue weighted by Gasteiger charge is -2.19. The zero-order chi connectivity index (χ0) is 13.1. The molecule has 1 unspecified atom stereocenters. The fourth-order valence-corrected chi connectivity index (χ4v) is 1.56. The molecule has 96 valence electrons. The van der Waals surface area contributed by atoms with Crippen molar-refractivity contribution in [3.05, 3.63) is 34.9 Å². The molecule has 1 aromatic rings. The molecule has 0 radical (unpaired) electrons. The van der Waals surface area contributed by atoms with Crippen molar-refractivity contribution in [2.24, 2.45) is 5.73 Å². The highest BCUT2D eigenvalue weighted by molar-refractivity contribution is 5.31. The van der Waals surface area contributed by atoms with E-state index in [4.69, 9.17) is 5.73 Å². The van der Waals surface area contributed by atoms with Crippen LogP contribution < -0.4 is 11.1 Å². The molecule has 1 aromatic carbocycles. The van der Waals surface area contributed by atoms with E-state index in [2.05, 4.69) is 5.32 Å². The quantitative estimate of drug-likeness (QED) is 0.856. The van der Waals surface area contributed by atoms with Gasteiger partial charge in [0, 0.05) is 12.6 Å². The Morgan fingerprint density at radius 1 is 1.24 bits per heavy atom. The number of alkyl halides is 3. The molecule has 0 aromatic heterocycles. The zero-order valence-electron chi connectivity index (χ0n) is 9.93. The van der Waals surface area contributed by atoms with Gasteiger partial charge in [0.2, 0.25) is 0 Å². The molecule has 0 fully saturated rings. The second-order valence-corrected chi connectivity index (χ2v) is 4.13. The van der Waals surface area contributed by atoms with Crippen molar-refractivity contribution in [3.8, 4) is 0 Å². The summed E-state index contributed by atoms with van der Waals surface area (Å²) in [6, 6.07) is 5.11. The van der Waals surface area contributed by atoms with E-state index in [1.807, 2.05) is 32.0 Å². The van der Waals surface area contributed by atoms with Crippen LogP contribution in [0.3, 0.4) is 0 Å². The van der Waals surface area contributed by atoms with Crippen molar-refractivity contribution in [3.63, 3.8) is 0 Å². The largest absolute Gasteiger partial charge is 0.401 e. The molecule has 0 amide bonds. The molecular weight excluding hydrogens is 229 g/mol. The maximum absolute atomic E-state index is 12.1.